The average Bonchev–Trinajstić information content (AvgIpc) is 2.89. The Morgan fingerprint density at radius 2 is 1.95 bits per heavy atom. The highest BCUT2D eigenvalue weighted by Crippen LogP contribution is 2.24. The van der Waals surface area contributed by atoms with E-state index in [2.05, 4.69) is 5.38 Å². The monoisotopic (exact) mass is 295 g/mol. The summed E-state index contributed by atoms with van der Waals surface area (Å²) in [5.41, 5.74) is 2.31. The molecular formula is C14H16ClN2OS+. The first kappa shape index (κ1) is 13.1. The third-order valence-electron chi connectivity index (χ3n) is 3.27. The summed E-state index contributed by atoms with van der Waals surface area (Å²) in [7, 11) is 0. The Labute approximate surface area is 121 Å². The van der Waals surface area contributed by atoms with E-state index in [-0.39, 0.29) is 0 Å². The second-order valence-electron chi connectivity index (χ2n) is 4.69. The largest absolute Gasteiger partial charge is 0.370 e. The number of aromatic nitrogens is 1. The Morgan fingerprint density at radius 1 is 1.21 bits per heavy atom. The standard InChI is InChI=1S/C14H15ClN2OS/c15-12-3-1-11(2-4-12)14-16-13(10-19-14)9-17-5-7-18-8-6-17/h1-4,10H,5-9H2/p+1. The molecule has 0 aliphatic carbocycles. The highest BCUT2D eigenvalue weighted by molar-refractivity contribution is 7.13. The Morgan fingerprint density at radius 3 is 2.68 bits per heavy atom. The Hall–Kier alpha value is -0.940. The van der Waals surface area contributed by atoms with E-state index in [0.29, 0.717) is 0 Å². The lowest BCUT2D eigenvalue weighted by atomic mass is 10.2. The van der Waals surface area contributed by atoms with Gasteiger partial charge in [-0.2, -0.15) is 0 Å². The maximum absolute atomic E-state index is 5.90. The average molecular weight is 296 g/mol. The highest BCUT2D eigenvalue weighted by atomic mass is 35.5. The number of hydrogen-bond donors (Lipinski definition) is 1. The predicted octanol–water partition coefficient (Wildman–Crippen LogP) is 1.88. The lowest BCUT2D eigenvalue weighted by molar-refractivity contribution is -0.921. The van der Waals surface area contributed by atoms with E-state index in [9.17, 15) is 0 Å². The van der Waals surface area contributed by atoms with Crippen LogP contribution in [0.15, 0.2) is 29.6 Å². The third-order valence-corrected chi connectivity index (χ3v) is 4.47. The van der Waals surface area contributed by atoms with Gasteiger partial charge < -0.3 is 9.64 Å². The van der Waals surface area contributed by atoms with Gasteiger partial charge >= 0.3 is 0 Å². The molecule has 1 aromatic heterocycles. The predicted molar refractivity (Wildman–Crippen MR) is 77.8 cm³/mol. The van der Waals surface area contributed by atoms with E-state index in [1.165, 1.54) is 5.69 Å². The second kappa shape index (κ2) is 6.01. The Kier molecular flexibility index (Phi) is 4.13. The Bertz CT molecular complexity index is 535. The van der Waals surface area contributed by atoms with Crippen molar-refractivity contribution in [3.63, 3.8) is 0 Å². The number of nitrogens with zero attached hydrogens (tertiary/aromatic N) is 1. The first-order valence-corrected chi connectivity index (χ1v) is 7.69. The summed E-state index contributed by atoms with van der Waals surface area (Å²) in [4.78, 5) is 6.27. The van der Waals surface area contributed by atoms with Crippen molar-refractivity contribution >= 4 is 22.9 Å². The lowest BCUT2D eigenvalue weighted by Crippen LogP contribution is -3.12. The number of hydrogen-bond acceptors (Lipinski definition) is 3. The molecule has 2 aromatic rings. The van der Waals surface area contributed by atoms with Crippen LogP contribution in [0.2, 0.25) is 5.02 Å². The molecule has 1 saturated heterocycles. The van der Waals surface area contributed by atoms with E-state index in [1.54, 1.807) is 16.2 Å². The third kappa shape index (κ3) is 3.34. The van der Waals surface area contributed by atoms with Crippen molar-refractivity contribution in [3.8, 4) is 10.6 Å². The van der Waals surface area contributed by atoms with Gasteiger partial charge in [-0.05, 0) is 12.1 Å². The molecule has 2 heterocycles. The van der Waals surface area contributed by atoms with Crippen LogP contribution in [0.5, 0.6) is 0 Å². The van der Waals surface area contributed by atoms with E-state index in [0.717, 1.165) is 48.4 Å². The molecule has 0 radical (unpaired) electrons. The molecule has 1 aromatic carbocycles. The second-order valence-corrected chi connectivity index (χ2v) is 5.98. The van der Waals surface area contributed by atoms with Crippen molar-refractivity contribution in [2.75, 3.05) is 26.3 Å². The van der Waals surface area contributed by atoms with Crippen LogP contribution in [-0.4, -0.2) is 31.3 Å². The topological polar surface area (TPSA) is 26.6 Å². The molecule has 0 atom stereocenters. The van der Waals surface area contributed by atoms with Crippen LogP contribution in [0, 0.1) is 0 Å². The molecule has 0 bridgehead atoms. The van der Waals surface area contributed by atoms with Crippen molar-refractivity contribution in [2.24, 2.45) is 0 Å². The fourth-order valence-corrected chi connectivity index (χ4v) is 3.16. The maximum Gasteiger partial charge on any atom is 0.123 e. The molecule has 0 amide bonds. The molecule has 1 aliphatic heterocycles. The fraction of sp³-hybridized carbons (Fsp3) is 0.357. The first-order valence-electron chi connectivity index (χ1n) is 6.43. The van der Waals surface area contributed by atoms with Crippen molar-refractivity contribution < 1.29 is 9.64 Å². The van der Waals surface area contributed by atoms with Crippen molar-refractivity contribution in [1.29, 1.82) is 0 Å². The lowest BCUT2D eigenvalue weighted by Gasteiger charge is -2.22. The summed E-state index contributed by atoms with van der Waals surface area (Å²) in [5, 5.41) is 3.99. The van der Waals surface area contributed by atoms with Crippen LogP contribution in [0.1, 0.15) is 5.69 Å². The summed E-state index contributed by atoms with van der Waals surface area (Å²) in [6.45, 7) is 4.88. The molecule has 0 saturated carbocycles. The van der Waals surface area contributed by atoms with E-state index in [1.807, 2.05) is 24.3 Å². The van der Waals surface area contributed by atoms with Crippen LogP contribution in [-0.2, 0) is 11.3 Å². The van der Waals surface area contributed by atoms with E-state index < -0.39 is 0 Å². The summed E-state index contributed by atoms with van der Waals surface area (Å²) in [6.07, 6.45) is 0. The van der Waals surface area contributed by atoms with Crippen LogP contribution in [0.4, 0.5) is 0 Å². The van der Waals surface area contributed by atoms with Crippen LogP contribution >= 0.6 is 22.9 Å². The summed E-state index contributed by atoms with van der Waals surface area (Å²) in [5.74, 6) is 0. The quantitative estimate of drug-likeness (QED) is 0.936. The number of ether oxygens (including phenoxy) is 1. The Balaban J connectivity index is 1.70. The first-order chi connectivity index (χ1) is 9.31. The number of thiazole rings is 1. The van der Waals surface area contributed by atoms with Gasteiger partial charge in [-0.25, -0.2) is 4.98 Å². The minimum Gasteiger partial charge on any atom is -0.370 e. The van der Waals surface area contributed by atoms with Gasteiger partial charge in [-0.15, -0.1) is 11.3 Å². The molecule has 3 nitrogen and oxygen atoms in total. The van der Waals surface area contributed by atoms with Crippen molar-refractivity contribution in [1.82, 2.24) is 4.98 Å². The number of halogens is 1. The molecule has 0 spiro atoms. The smallest absolute Gasteiger partial charge is 0.123 e. The zero-order valence-corrected chi connectivity index (χ0v) is 12.1. The summed E-state index contributed by atoms with van der Waals surface area (Å²) in [6, 6.07) is 7.86. The van der Waals surface area contributed by atoms with Crippen LogP contribution < -0.4 is 4.90 Å². The molecular weight excluding hydrogens is 280 g/mol. The maximum atomic E-state index is 5.90. The molecule has 1 fully saturated rings. The zero-order valence-electron chi connectivity index (χ0n) is 10.6. The van der Waals surface area contributed by atoms with Gasteiger partial charge in [0.05, 0.1) is 13.2 Å². The molecule has 19 heavy (non-hydrogen) atoms. The van der Waals surface area contributed by atoms with Crippen molar-refractivity contribution in [3.05, 3.63) is 40.4 Å². The minimum absolute atomic E-state index is 0.762. The number of rotatable bonds is 3. The summed E-state index contributed by atoms with van der Waals surface area (Å²) >= 11 is 7.60. The van der Waals surface area contributed by atoms with Crippen LogP contribution in [0.25, 0.3) is 10.6 Å². The van der Waals surface area contributed by atoms with Gasteiger partial charge in [0, 0.05) is 16.0 Å². The molecule has 1 N–H and O–H groups in total. The summed E-state index contributed by atoms with van der Waals surface area (Å²) < 4.78 is 5.37. The van der Waals surface area contributed by atoms with Crippen LogP contribution in [0.3, 0.4) is 0 Å². The molecule has 1 aliphatic rings. The van der Waals surface area contributed by atoms with Gasteiger partial charge in [-0.1, -0.05) is 23.7 Å². The van der Waals surface area contributed by atoms with Gasteiger partial charge in [0.1, 0.15) is 30.3 Å². The normalized spacial score (nSPS) is 16.7. The van der Waals surface area contributed by atoms with Crippen molar-refractivity contribution in [2.45, 2.75) is 6.54 Å². The van der Waals surface area contributed by atoms with Gasteiger partial charge in [0.25, 0.3) is 0 Å². The number of benzene rings is 1. The number of quaternary nitrogens is 1. The zero-order chi connectivity index (χ0) is 13.1. The number of nitrogens with one attached hydrogen (secondary N) is 1. The fourth-order valence-electron chi connectivity index (χ4n) is 2.21. The SMILES string of the molecule is Clc1ccc(-c2nc(C[NH+]3CCOCC3)cs2)cc1. The highest BCUT2D eigenvalue weighted by Gasteiger charge is 2.16. The van der Waals surface area contributed by atoms with Gasteiger partial charge in [0.15, 0.2) is 0 Å². The molecule has 3 rings (SSSR count). The molecule has 5 heteroatoms. The molecule has 100 valence electrons. The van der Waals surface area contributed by atoms with Gasteiger partial charge in [0.2, 0.25) is 0 Å². The van der Waals surface area contributed by atoms with Gasteiger partial charge in [-0.3, -0.25) is 0 Å². The van der Waals surface area contributed by atoms with E-state index >= 15 is 0 Å². The van der Waals surface area contributed by atoms with E-state index in [4.69, 9.17) is 21.3 Å². The number of morpholine rings is 1. The molecule has 0 unspecified atom stereocenters. The minimum atomic E-state index is 0.762.